The smallest absolute Gasteiger partial charge is 0.257 e. The van der Waals surface area contributed by atoms with Crippen molar-refractivity contribution in [2.24, 2.45) is 0 Å². The van der Waals surface area contributed by atoms with Gasteiger partial charge in [-0.25, -0.2) is 18.9 Å². The van der Waals surface area contributed by atoms with E-state index in [2.05, 4.69) is 20.4 Å². The predicted octanol–water partition coefficient (Wildman–Crippen LogP) is 1.99. The highest BCUT2D eigenvalue weighted by atomic mass is 19.1. The van der Waals surface area contributed by atoms with Gasteiger partial charge in [-0.05, 0) is 52.3 Å². The molecule has 3 aromatic rings. The second kappa shape index (κ2) is 8.72. The van der Waals surface area contributed by atoms with Gasteiger partial charge < -0.3 is 20.9 Å². The minimum absolute atomic E-state index is 0.105. The molecular formula is C24H32FN7O3. The number of alkyl halides is 1. The summed E-state index contributed by atoms with van der Waals surface area (Å²) in [6.45, 7) is 9.37. The van der Waals surface area contributed by atoms with E-state index < -0.39 is 29.3 Å². The first-order valence-electron chi connectivity index (χ1n) is 11.4. The molecule has 1 saturated heterocycles. The van der Waals surface area contributed by atoms with E-state index >= 15 is 0 Å². The molecule has 3 aromatic heterocycles. The van der Waals surface area contributed by atoms with Crippen LogP contribution in [0.5, 0.6) is 5.88 Å². The van der Waals surface area contributed by atoms with Crippen molar-refractivity contribution in [2.45, 2.75) is 58.0 Å². The SMILES string of the molecule is COc1ncc(-c2cc(C)c3c(N)ncnn23)cc1C(=O)NC1CN(C(C)(C)C(C)(C)O)C[C@@H]1F. The fourth-order valence-corrected chi connectivity index (χ4v) is 4.37. The van der Waals surface area contributed by atoms with Crippen molar-refractivity contribution < 1.29 is 19.0 Å². The van der Waals surface area contributed by atoms with Crippen molar-refractivity contribution in [3.05, 3.63) is 35.8 Å². The molecule has 1 aliphatic heterocycles. The molecular weight excluding hydrogens is 453 g/mol. The number of methoxy groups -OCH3 is 1. The minimum Gasteiger partial charge on any atom is -0.480 e. The third kappa shape index (κ3) is 4.30. The van der Waals surface area contributed by atoms with E-state index in [0.717, 1.165) is 5.56 Å². The first-order chi connectivity index (χ1) is 16.3. The molecule has 4 heterocycles. The van der Waals surface area contributed by atoms with Gasteiger partial charge in [0.15, 0.2) is 5.82 Å². The average Bonchev–Trinajstić information content (AvgIpc) is 3.33. The third-order valence-corrected chi connectivity index (χ3v) is 7.21. The lowest BCUT2D eigenvalue weighted by atomic mass is 9.84. The number of rotatable bonds is 6. The van der Waals surface area contributed by atoms with E-state index in [1.165, 1.54) is 13.4 Å². The highest BCUT2D eigenvalue weighted by molar-refractivity contribution is 5.98. The molecule has 0 spiro atoms. The van der Waals surface area contributed by atoms with Gasteiger partial charge in [-0.3, -0.25) is 9.69 Å². The van der Waals surface area contributed by atoms with Crippen LogP contribution in [0.1, 0.15) is 43.6 Å². The first kappa shape index (κ1) is 24.8. The molecule has 1 aliphatic rings. The van der Waals surface area contributed by atoms with Crippen LogP contribution in [0.15, 0.2) is 24.7 Å². The number of nitrogens with zero attached hydrogens (tertiary/aromatic N) is 5. The van der Waals surface area contributed by atoms with Crippen LogP contribution < -0.4 is 15.8 Å². The number of nitrogens with one attached hydrogen (secondary N) is 1. The lowest BCUT2D eigenvalue weighted by Crippen LogP contribution is -2.57. The number of anilines is 1. The summed E-state index contributed by atoms with van der Waals surface area (Å²) in [7, 11) is 1.42. The Bertz CT molecular complexity index is 1270. The summed E-state index contributed by atoms with van der Waals surface area (Å²) in [6.07, 6.45) is 1.65. The van der Waals surface area contributed by atoms with Crippen LogP contribution in [0.25, 0.3) is 16.8 Å². The summed E-state index contributed by atoms with van der Waals surface area (Å²) in [5.74, 6) is -0.0320. The predicted molar refractivity (Wildman–Crippen MR) is 130 cm³/mol. The van der Waals surface area contributed by atoms with Crippen molar-refractivity contribution in [3.8, 4) is 17.1 Å². The fourth-order valence-electron chi connectivity index (χ4n) is 4.37. The van der Waals surface area contributed by atoms with E-state index in [9.17, 15) is 14.3 Å². The number of aromatic nitrogens is 4. The Balaban J connectivity index is 1.63. The van der Waals surface area contributed by atoms with E-state index in [1.807, 2.05) is 31.7 Å². The maximum absolute atomic E-state index is 15.0. The average molecular weight is 486 g/mol. The minimum atomic E-state index is -1.29. The maximum atomic E-state index is 15.0. The number of fused-ring (bicyclic) bond motifs is 1. The molecule has 0 aliphatic carbocycles. The number of hydrogen-bond acceptors (Lipinski definition) is 8. The Morgan fingerprint density at radius 3 is 2.63 bits per heavy atom. The van der Waals surface area contributed by atoms with Gasteiger partial charge in [0.1, 0.15) is 23.6 Å². The third-order valence-electron chi connectivity index (χ3n) is 7.21. The number of nitrogens with two attached hydrogens (primary N) is 1. The molecule has 2 atom stereocenters. The molecule has 1 amide bonds. The van der Waals surface area contributed by atoms with Crippen molar-refractivity contribution in [3.63, 3.8) is 0 Å². The Kier molecular flexibility index (Phi) is 6.18. The van der Waals surface area contributed by atoms with Crippen LogP contribution in [0, 0.1) is 6.92 Å². The molecule has 35 heavy (non-hydrogen) atoms. The van der Waals surface area contributed by atoms with E-state index in [4.69, 9.17) is 10.5 Å². The number of halogens is 1. The second-order valence-electron chi connectivity index (χ2n) is 10.0. The Morgan fingerprint density at radius 1 is 1.26 bits per heavy atom. The molecule has 188 valence electrons. The topological polar surface area (TPSA) is 131 Å². The molecule has 0 aromatic carbocycles. The van der Waals surface area contributed by atoms with Crippen molar-refractivity contribution in [1.82, 2.24) is 29.8 Å². The number of nitrogen functional groups attached to an aromatic ring is 1. The van der Waals surface area contributed by atoms with Crippen LogP contribution in [0.4, 0.5) is 10.2 Å². The molecule has 4 N–H and O–H groups in total. The standard InChI is InChI=1S/C24H32FN7O3/c1-13-7-18(32-19(13)20(26)28-12-29-32)14-8-15(22(35-6)27-9-14)21(33)30-17-11-31(10-16(17)25)23(2,3)24(4,5)34/h7-9,12,16-17,34H,10-11H2,1-6H3,(H,30,33)(H2,26,28,29)/t16-,17?/m0/s1. The molecule has 1 fully saturated rings. The highest BCUT2D eigenvalue weighted by Crippen LogP contribution is 2.33. The van der Waals surface area contributed by atoms with Crippen molar-refractivity contribution >= 4 is 17.2 Å². The lowest BCUT2D eigenvalue weighted by Gasteiger charge is -2.44. The normalized spacial score (nSPS) is 19.3. The maximum Gasteiger partial charge on any atom is 0.257 e. The van der Waals surface area contributed by atoms with Gasteiger partial charge in [0.25, 0.3) is 5.91 Å². The number of hydrogen-bond donors (Lipinski definition) is 3. The number of carbonyl (C=O) groups is 1. The van der Waals surface area contributed by atoms with Gasteiger partial charge in [0, 0.05) is 30.4 Å². The number of carbonyl (C=O) groups excluding carboxylic acids is 1. The van der Waals surface area contributed by atoms with Gasteiger partial charge >= 0.3 is 0 Å². The zero-order chi connectivity index (χ0) is 25.7. The monoisotopic (exact) mass is 485 g/mol. The molecule has 1 unspecified atom stereocenters. The number of aliphatic hydroxyl groups is 1. The highest BCUT2D eigenvalue weighted by Gasteiger charge is 2.47. The van der Waals surface area contributed by atoms with Gasteiger partial charge in [-0.1, -0.05) is 0 Å². The first-order valence-corrected chi connectivity index (χ1v) is 11.4. The zero-order valence-electron chi connectivity index (χ0n) is 20.8. The summed E-state index contributed by atoms with van der Waals surface area (Å²) in [4.78, 5) is 23.5. The van der Waals surface area contributed by atoms with Crippen LogP contribution in [0.2, 0.25) is 0 Å². The quantitative estimate of drug-likeness (QED) is 0.483. The lowest BCUT2D eigenvalue weighted by molar-refractivity contribution is -0.0658. The molecule has 0 radical (unpaired) electrons. The molecule has 4 rings (SSSR count). The van der Waals surface area contributed by atoms with Gasteiger partial charge in [-0.2, -0.15) is 5.10 Å². The molecule has 0 saturated carbocycles. The van der Waals surface area contributed by atoms with Crippen molar-refractivity contribution in [1.29, 1.82) is 0 Å². The van der Waals surface area contributed by atoms with E-state index in [1.54, 1.807) is 30.6 Å². The number of amides is 1. The molecule has 11 heteroatoms. The van der Waals surface area contributed by atoms with Crippen LogP contribution in [0.3, 0.4) is 0 Å². The zero-order valence-corrected chi connectivity index (χ0v) is 20.8. The van der Waals surface area contributed by atoms with Gasteiger partial charge in [0.2, 0.25) is 5.88 Å². The Labute approximate surface area is 203 Å². The molecule has 0 bridgehead atoms. The Hall–Kier alpha value is -3.31. The van der Waals surface area contributed by atoms with Crippen LogP contribution >= 0.6 is 0 Å². The Morgan fingerprint density at radius 2 is 1.97 bits per heavy atom. The van der Waals surface area contributed by atoms with Gasteiger partial charge in [-0.15, -0.1) is 0 Å². The number of aryl methyl sites for hydroxylation is 1. The largest absolute Gasteiger partial charge is 0.480 e. The second-order valence-corrected chi connectivity index (χ2v) is 10.0. The summed E-state index contributed by atoms with van der Waals surface area (Å²) in [5, 5.41) is 17.6. The number of likely N-dealkylation sites (tertiary alicyclic amines) is 1. The van der Waals surface area contributed by atoms with E-state index in [0.29, 0.717) is 22.6 Å². The van der Waals surface area contributed by atoms with Crippen molar-refractivity contribution in [2.75, 3.05) is 25.9 Å². The number of ether oxygens (including phenoxy) is 1. The van der Waals surface area contributed by atoms with Crippen LogP contribution in [-0.2, 0) is 0 Å². The summed E-state index contributed by atoms with van der Waals surface area (Å²) in [5.41, 5.74) is 7.29. The fraction of sp³-hybridized carbons (Fsp3) is 0.500. The summed E-state index contributed by atoms with van der Waals surface area (Å²) in [6, 6.07) is 2.78. The van der Waals surface area contributed by atoms with E-state index in [-0.39, 0.29) is 24.5 Å². The van der Waals surface area contributed by atoms with Gasteiger partial charge in [0.05, 0.1) is 24.4 Å². The summed E-state index contributed by atoms with van der Waals surface area (Å²) >= 11 is 0. The molecule has 10 nitrogen and oxygen atoms in total. The number of pyridine rings is 1. The summed E-state index contributed by atoms with van der Waals surface area (Å²) < 4.78 is 21.9. The van der Waals surface area contributed by atoms with Crippen LogP contribution in [-0.4, -0.2) is 79.0 Å².